The summed E-state index contributed by atoms with van der Waals surface area (Å²) in [6, 6.07) is 29.4. The first kappa shape index (κ1) is 34.5. The van der Waals surface area contributed by atoms with Gasteiger partial charge in [0.25, 0.3) is 0 Å². The first-order chi connectivity index (χ1) is 23.8. The van der Waals surface area contributed by atoms with Gasteiger partial charge >= 0.3 is 0 Å². The molecule has 0 radical (unpaired) electrons. The van der Waals surface area contributed by atoms with E-state index in [0.717, 1.165) is 22.3 Å². The van der Waals surface area contributed by atoms with Gasteiger partial charge < -0.3 is 19.9 Å². The molecule has 11 nitrogen and oxygen atoms in total. The van der Waals surface area contributed by atoms with Crippen LogP contribution in [0.3, 0.4) is 0 Å². The van der Waals surface area contributed by atoms with Gasteiger partial charge in [-0.25, -0.2) is 13.4 Å². The number of aliphatic hydroxyl groups excluding tert-OH is 1. The van der Waals surface area contributed by atoms with Crippen LogP contribution in [0.25, 0.3) is 0 Å². The minimum absolute atomic E-state index is 0.0495. The second-order valence-corrected chi connectivity index (χ2v) is 14.5. The Morgan fingerprint density at radius 3 is 2.45 bits per heavy atom. The molecule has 4 N–H and O–H groups in total. The Balaban J connectivity index is 1.21. The fraction of sp³-hybridized carbons (Fsp3) is 0.250. The summed E-state index contributed by atoms with van der Waals surface area (Å²) in [7, 11) is -4.00. The number of anilines is 1. The van der Waals surface area contributed by atoms with Crippen LogP contribution in [0.2, 0.25) is 0 Å². The first-order valence-corrected chi connectivity index (χ1v) is 18.2. The average molecular weight is 700 g/mol. The standard InChI is InChI=1S/C36H37N5O6S2/c1-24-10-16-31(17-11-24)49(44,45)41-32(18-25-6-3-2-4-7-25)34(43)39-29-9-5-8-28(19-29)35-46-30(22-48-36-37-23-38-40-36)20-33(47-35)27-14-12-26(21-42)13-15-27/h2-17,19,23,30,32-33,35,41-42H,18,20-22H2,1H3,(H,39,43)(H,37,38,40). The number of nitrogens with one attached hydrogen (secondary N) is 3. The third kappa shape index (κ3) is 9.21. The quantitative estimate of drug-likeness (QED) is 0.117. The number of nitrogens with zero attached hydrogens (tertiary/aromatic N) is 2. The Kier molecular flexibility index (Phi) is 11.2. The molecule has 6 rings (SSSR count). The van der Waals surface area contributed by atoms with E-state index in [-0.39, 0.29) is 30.1 Å². The molecular formula is C36H37N5O6S2. The molecule has 0 aliphatic carbocycles. The number of aromatic nitrogens is 3. The summed E-state index contributed by atoms with van der Waals surface area (Å²) < 4.78 is 42.2. The average Bonchev–Trinajstić information content (AvgIpc) is 3.65. The van der Waals surface area contributed by atoms with Crippen molar-refractivity contribution < 1.29 is 27.8 Å². The van der Waals surface area contributed by atoms with Gasteiger partial charge in [-0.15, -0.1) is 0 Å². The van der Waals surface area contributed by atoms with Crippen LogP contribution in [-0.4, -0.2) is 52.5 Å². The number of rotatable bonds is 13. The Morgan fingerprint density at radius 1 is 0.959 bits per heavy atom. The fourth-order valence-corrected chi connectivity index (χ4v) is 7.45. The number of hydrogen-bond donors (Lipinski definition) is 4. The Hall–Kier alpha value is -4.37. The van der Waals surface area contributed by atoms with Crippen LogP contribution >= 0.6 is 11.8 Å². The maximum absolute atomic E-state index is 13.8. The summed E-state index contributed by atoms with van der Waals surface area (Å²) in [6.07, 6.45) is 0.938. The largest absolute Gasteiger partial charge is 0.392 e. The summed E-state index contributed by atoms with van der Waals surface area (Å²) in [5.74, 6) is 0.0873. The first-order valence-electron chi connectivity index (χ1n) is 15.8. The van der Waals surface area contributed by atoms with E-state index in [1.54, 1.807) is 30.3 Å². The van der Waals surface area contributed by atoms with Crippen molar-refractivity contribution in [3.63, 3.8) is 0 Å². The van der Waals surface area contributed by atoms with E-state index in [1.807, 2.05) is 67.6 Å². The zero-order valence-corrected chi connectivity index (χ0v) is 28.4. The van der Waals surface area contributed by atoms with Gasteiger partial charge in [0.05, 0.1) is 23.7 Å². The number of ether oxygens (including phenoxy) is 2. The van der Waals surface area contributed by atoms with E-state index in [0.29, 0.717) is 28.6 Å². The lowest BCUT2D eigenvalue weighted by molar-refractivity contribution is -0.245. The number of benzene rings is 4. The predicted molar refractivity (Wildman–Crippen MR) is 186 cm³/mol. The third-order valence-electron chi connectivity index (χ3n) is 8.07. The fourth-order valence-electron chi connectivity index (χ4n) is 5.46. The van der Waals surface area contributed by atoms with Crippen molar-refractivity contribution in [1.82, 2.24) is 19.9 Å². The van der Waals surface area contributed by atoms with E-state index in [1.165, 1.54) is 30.2 Å². The molecule has 49 heavy (non-hydrogen) atoms. The van der Waals surface area contributed by atoms with E-state index in [9.17, 15) is 18.3 Å². The third-order valence-corrected chi connectivity index (χ3v) is 10.6. The van der Waals surface area contributed by atoms with Gasteiger partial charge in [-0.2, -0.15) is 9.82 Å². The summed E-state index contributed by atoms with van der Waals surface area (Å²) in [4.78, 5) is 18.0. The summed E-state index contributed by atoms with van der Waals surface area (Å²) in [5, 5.41) is 19.9. The number of aryl methyl sites for hydroxylation is 1. The number of aliphatic hydroxyl groups is 1. The number of thioether (sulfide) groups is 1. The molecule has 5 aromatic rings. The molecule has 1 aliphatic rings. The van der Waals surface area contributed by atoms with Crippen molar-refractivity contribution >= 4 is 33.4 Å². The van der Waals surface area contributed by atoms with Crippen LogP contribution in [-0.2, 0) is 37.3 Å². The maximum Gasteiger partial charge on any atom is 0.242 e. The molecule has 4 atom stereocenters. The van der Waals surface area contributed by atoms with Gasteiger partial charge in [-0.3, -0.25) is 9.89 Å². The van der Waals surface area contributed by atoms with Crippen molar-refractivity contribution in [2.45, 2.75) is 61.0 Å². The highest BCUT2D eigenvalue weighted by molar-refractivity contribution is 7.99. The lowest BCUT2D eigenvalue weighted by atomic mass is 10.0. The lowest BCUT2D eigenvalue weighted by Crippen LogP contribution is -2.45. The molecule has 1 fully saturated rings. The molecule has 4 aromatic carbocycles. The van der Waals surface area contributed by atoms with Crippen LogP contribution in [0.1, 0.15) is 46.6 Å². The van der Waals surface area contributed by atoms with Gasteiger partial charge in [0.15, 0.2) is 11.4 Å². The molecule has 2 heterocycles. The van der Waals surface area contributed by atoms with Gasteiger partial charge in [-0.1, -0.05) is 96.2 Å². The molecule has 4 unspecified atom stereocenters. The van der Waals surface area contributed by atoms with Crippen molar-refractivity contribution in [3.05, 3.63) is 137 Å². The van der Waals surface area contributed by atoms with Gasteiger partial charge in [0.2, 0.25) is 15.9 Å². The van der Waals surface area contributed by atoms with Crippen molar-refractivity contribution in [2.24, 2.45) is 0 Å². The number of aromatic amines is 1. The topological polar surface area (TPSA) is 156 Å². The van der Waals surface area contributed by atoms with E-state index < -0.39 is 28.3 Å². The van der Waals surface area contributed by atoms with Crippen LogP contribution in [0.5, 0.6) is 0 Å². The molecule has 0 bridgehead atoms. The Labute approximate surface area is 289 Å². The molecule has 13 heteroatoms. The minimum atomic E-state index is -4.00. The smallest absolute Gasteiger partial charge is 0.242 e. The number of carbonyl (C=O) groups is 1. The van der Waals surface area contributed by atoms with Crippen molar-refractivity contribution in [3.8, 4) is 0 Å². The SMILES string of the molecule is Cc1ccc(S(=O)(=O)NC(Cc2ccccc2)C(=O)Nc2cccc(C3OC(CSc4ncn[nH]4)CC(c4ccc(CO)cc4)O3)c2)cc1. The molecule has 0 spiro atoms. The van der Waals surface area contributed by atoms with Crippen LogP contribution in [0, 0.1) is 6.92 Å². The van der Waals surface area contributed by atoms with Gasteiger partial charge in [-0.05, 0) is 54.3 Å². The second kappa shape index (κ2) is 15.9. The molecule has 0 saturated carbocycles. The summed E-state index contributed by atoms with van der Waals surface area (Å²) >= 11 is 1.50. The lowest BCUT2D eigenvalue weighted by Gasteiger charge is -2.36. The predicted octanol–water partition coefficient (Wildman–Crippen LogP) is 5.47. The molecule has 1 aliphatic heterocycles. The van der Waals surface area contributed by atoms with Gasteiger partial charge in [0, 0.05) is 23.4 Å². The van der Waals surface area contributed by atoms with Crippen LogP contribution in [0.4, 0.5) is 5.69 Å². The van der Waals surface area contributed by atoms with Crippen molar-refractivity contribution in [2.75, 3.05) is 11.1 Å². The van der Waals surface area contributed by atoms with Crippen LogP contribution in [0.15, 0.2) is 120 Å². The highest BCUT2D eigenvalue weighted by atomic mass is 32.2. The van der Waals surface area contributed by atoms with E-state index in [4.69, 9.17) is 9.47 Å². The zero-order valence-electron chi connectivity index (χ0n) is 26.7. The number of hydrogen-bond acceptors (Lipinski definition) is 9. The number of amides is 1. The summed E-state index contributed by atoms with van der Waals surface area (Å²) in [5.41, 5.74) is 4.64. The zero-order chi connectivity index (χ0) is 34.2. The Bertz CT molecular complexity index is 1930. The van der Waals surface area contributed by atoms with Crippen molar-refractivity contribution in [1.29, 1.82) is 0 Å². The highest BCUT2D eigenvalue weighted by Gasteiger charge is 2.33. The second-order valence-electron chi connectivity index (χ2n) is 11.7. The molecular weight excluding hydrogens is 663 g/mol. The molecule has 1 aromatic heterocycles. The highest BCUT2D eigenvalue weighted by Crippen LogP contribution is 2.39. The van der Waals surface area contributed by atoms with E-state index >= 15 is 0 Å². The molecule has 254 valence electrons. The number of H-pyrrole nitrogens is 1. The molecule has 1 saturated heterocycles. The van der Waals surface area contributed by atoms with E-state index in [2.05, 4.69) is 25.2 Å². The van der Waals surface area contributed by atoms with Crippen LogP contribution < -0.4 is 10.0 Å². The van der Waals surface area contributed by atoms with Gasteiger partial charge in [0.1, 0.15) is 12.4 Å². The number of sulfonamides is 1. The maximum atomic E-state index is 13.8. The summed E-state index contributed by atoms with van der Waals surface area (Å²) in [6.45, 7) is 1.83. The Morgan fingerprint density at radius 2 is 1.73 bits per heavy atom. The monoisotopic (exact) mass is 699 g/mol. The minimum Gasteiger partial charge on any atom is -0.392 e. The molecule has 1 amide bonds. The number of carbonyl (C=O) groups excluding carboxylic acids is 1. The normalized spacial score (nSPS) is 18.5.